The highest BCUT2D eigenvalue weighted by Gasteiger charge is 2.02. The Kier molecular flexibility index (Phi) is 3.67. The van der Waals surface area contributed by atoms with Crippen molar-refractivity contribution < 1.29 is 9.53 Å². The molecule has 1 aromatic heterocycles. The Morgan fingerprint density at radius 1 is 1.35 bits per heavy atom. The molecule has 0 spiro atoms. The lowest BCUT2D eigenvalue weighted by Gasteiger charge is -2.03. The highest BCUT2D eigenvalue weighted by atomic mass is 16.5. The maximum atomic E-state index is 11.1. The summed E-state index contributed by atoms with van der Waals surface area (Å²) in [4.78, 5) is 11.1. The van der Waals surface area contributed by atoms with Gasteiger partial charge in [0, 0.05) is 6.20 Å². The minimum atomic E-state index is 0.0132. The van der Waals surface area contributed by atoms with Crippen LogP contribution in [0.5, 0.6) is 0 Å². The molecule has 2 rings (SSSR count). The predicted molar refractivity (Wildman–Crippen MR) is 63.5 cm³/mol. The molecule has 0 atom stereocenters. The number of hydrogen-bond donors (Lipinski definition) is 0. The first kappa shape index (κ1) is 11.5. The first-order valence-corrected chi connectivity index (χ1v) is 5.41. The smallest absolute Gasteiger partial charge is 0.162 e. The summed E-state index contributed by atoms with van der Waals surface area (Å²) in [6.07, 6.45) is 3.24. The maximum Gasteiger partial charge on any atom is 0.162 e. The molecule has 1 heterocycles. The van der Waals surface area contributed by atoms with Crippen LogP contribution in [0.1, 0.15) is 22.8 Å². The minimum Gasteiger partial charge on any atom is -0.355 e. The van der Waals surface area contributed by atoms with Crippen molar-refractivity contribution >= 4 is 5.78 Å². The van der Waals surface area contributed by atoms with Gasteiger partial charge in [-0.25, -0.2) is 4.68 Å². The highest BCUT2D eigenvalue weighted by Crippen LogP contribution is 2.03. The van der Waals surface area contributed by atoms with Crippen molar-refractivity contribution in [2.45, 2.75) is 20.3 Å². The standard InChI is InChI=1S/C13H14N2O2/c1-11(16)13-7-14-15(8-13)10-17-9-12-5-3-2-4-6-12/h2-8H,9-10H2,1H3. The largest absolute Gasteiger partial charge is 0.355 e. The van der Waals surface area contributed by atoms with Crippen LogP contribution in [-0.4, -0.2) is 15.6 Å². The van der Waals surface area contributed by atoms with Crippen LogP contribution in [0, 0.1) is 0 Å². The van der Waals surface area contributed by atoms with E-state index in [9.17, 15) is 4.79 Å². The van der Waals surface area contributed by atoms with E-state index in [-0.39, 0.29) is 5.78 Å². The van der Waals surface area contributed by atoms with Gasteiger partial charge < -0.3 is 4.74 Å². The summed E-state index contributed by atoms with van der Waals surface area (Å²) in [7, 11) is 0. The maximum absolute atomic E-state index is 11.1. The molecule has 0 aliphatic heterocycles. The van der Waals surface area contributed by atoms with Crippen LogP contribution in [0.4, 0.5) is 0 Å². The summed E-state index contributed by atoms with van der Waals surface area (Å²) in [6, 6.07) is 9.92. The summed E-state index contributed by atoms with van der Waals surface area (Å²) in [5, 5.41) is 4.04. The zero-order valence-corrected chi connectivity index (χ0v) is 9.67. The fraction of sp³-hybridized carbons (Fsp3) is 0.231. The number of carbonyl (C=O) groups is 1. The topological polar surface area (TPSA) is 44.1 Å². The molecule has 0 radical (unpaired) electrons. The van der Waals surface area contributed by atoms with Crippen molar-refractivity contribution in [2.75, 3.05) is 0 Å². The van der Waals surface area contributed by atoms with Crippen LogP contribution in [-0.2, 0) is 18.1 Å². The minimum absolute atomic E-state index is 0.0132. The average molecular weight is 230 g/mol. The molecule has 0 fully saturated rings. The summed E-state index contributed by atoms with van der Waals surface area (Å²) in [5.74, 6) is 0.0132. The normalized spacial score (nSPS) is 10.4. The Balaban J connectivity index is 1.84. The van der Waals surface area contributed by atoms with Gasteiger partial charge in [0.1, 0.15) is 6.73 Å². The third-order valence-electron chi connectivity index (χ3n) is 2.37. The summed E-state index contributed by atoms with van der Waals surface area (Å²) in [6.45, 7) is 2.41. The molecule has 0 unspecified atom stereocenters. The zero-order valence-electron chi connectivity index (χ0n) is 9.67. The molecule has 88 valence electrons. The number of ether oxygens (including phenoxy) is 1. The average Bonchev–Trinajstić information content (AvgIpc) is 2.79. The van der Waals surface area contributed by atoms with E-state index in [1.807, 2.05) is 30.3 Å². The molecular formula is C13H14N2O2. The second-order valence-electron chi connectivity index (χ2n) is 3.79. The molecule has 0 aliphatic rings. The van der Waals surface area contributed by atoms with E-state index in [1.54, 1.807) is 17.1 Å². The van der Waals surface area contributed by atoms with Crippen molar-refractivity contribution in [1.82, 2.24) is 9.78 Å². The van der Waals surface area contributed by atoms with E-state index in [0.717, 1.165) is 5.56 Å². The first-order chi connectivity index (χ1) is 8.25. The van der Waals surface area contributed by atoms with Crippen LogP contribution in [0.2, 0.25) is 0 Å². The Hall–Kier alpha value is -1.94. The molecule has 0 saturated heterocycles. The molecular weight excluding hydrogens is 216 g/mol. The SMILES string of the molecule is CC(=O)c1cnn(COCc2ccccc2)c1. The highest BCUT2D eigenvalue weighted by molar-refractivity contribution is 5.93. The zero-order chi connectivity index (χ0) is 12.1. The van der Waals surface area contributed by atoms with Gasteiger partial charge in [-0.05, 0) is 12.5 Å². The molecule has 0 amide bonds. The van der Waals surface area contributed by atoms with E-state index in [4.69, 9.17) is 4.74 Å². The van der Waals surface area contributed by atoms with Gasteiger partial charge in [-0.2, -0.15) is 5.10 Å². The Morgan fingerprint density at radius 3 is 2.76 bits per heavy atom. The fourth-order valence-corrected chi connectivity index (χ4v) is 1.45. The van der Waals surface area contributed by atoms with E-state index in [2.05, 4.69) is 5.10 Å². The lowest BCUT2D eigenvalue weighted by Crippen LogP contribution is -2.03. The predicted octanol–water partition coefficient (Wildman–Crippen LogP) is 2.26. The van der Waals surface area contributed by atoms with Gasteiger partial charge in [0.2, 0.25) is 0 Å². The van der Waals surface area contributed by atoms with Crippen molar-refractivity contribution in [3.8, 4) is 0 Å². The van der Waals surface area contributed by atoms with E-state index < -0.39 is 0 Å². The van der Waals surface area contributed by atoms with Crippen LogP contribution in [0.3, 0.4) is 0 Å². The second-order valence-corrected chi connectivity index (χ2v) is 3.79. The Bertz CT molecular complexity index is 491. The summed E-state index contributed by atoms with van der Waals surface area (Å²) in [5.41, 5.74) is 1.72. The number of nitrogens with zero attached hydrogens (tertiary/aromatic N) is 2. The van der Waals surface area contributed by atoms with Crippen LogP contribution in [0.15, 0.2) is 42.7 Å². The lowest BCUT2D eigenvalue weighted by molar-refractivity contribution is 0.0560. The number of benzene rings is 1. The van der Waals surface area contributed by atoms with Gasteiger partial charge in [0.25, 0.3) is 0 Å². The van der Waals surface area contributed by atoms with Crippen molar-refractivity contribution in [2.24, 2.45) is 0 Å². The molecule has 0 bridgehead atoms. The molecule has 0 aliphatic carbocycles. The number of hydrogen-bond acceptors (Lipinski definition) is 3. The van der Waals surface area contributed by atoms with Gasteiger partial charge in [-0.3, -0.25) is 4.79 Å². The van der Waals surface area contributed by atoms with E-state index in [1.165, 1.54) is 6.92 Å². The number of ketones is 1. The molecule has 1 aromatic carbocycles. The van der Waals surface area contributed by atoms with Crippen LogP contribution >= 0.6 is 0 Å². The van der Waals surface area contributed by atoms with Gasteiger partial charge in [-0.15, -0.1) is 0 Å². The lowest BCUT2D eigenvalue weighted by atomic mass is 10.2. The van der Waals surface area contributed by atoms with E-state index >= 15 is 0 Å². The van der Waals surface area contributed by atoms with Crippen LogP contribution in [0.25, 0.3) is 0 Å². The van der Waals surface area contributed by atoms with E-state index in [0.29, 0.717) is 18.9 Å². The quantitative estimate of drug-likeness (QED) is 0.740. The van der Waals surface area contributed by atoms with Crippen molar-refractivity contribution in [3.63, 3.8) is 0 Å². The number of Topliss-reactive ketones (excluding diaryl/α,β-unsaturated/α-hetero) is 1. The molecule has 4 heteroatoms. The van der Waals surface area contributed by atoms with Gasteiger partial charge >= 0.3 is 0 Å². The summed E-state index contributed by atoms with van der Waals surface area (Å²) < 4.78 is 7.10. The number of rotatable bonds is 5. The Labute approximate surface area is 99.8 Å². The van der Waals surface area contributed by atoms with Crippen LogP contribution < -0.4 is 0 Å². The third-order valence-corrected chi connectivity index (χ3v) is 2.37. The number of aromatic nitrogens is 2. The monoisotopic (exact) mass is 230 g/mol. The molecule has 0 saturated carbocycles. The van der Waals surface area contributed by atoms with Gasteiger partial charge in [0.05, 0.1) is 18.4 Å². The second kappa shape index (κ2) is 5.41. The first-order valence-electron chi connectivity index (χ1n) is 5.41. The van der Waals surface area contributed by atoms with Crippen molar-refractivity contribution in [1.29, 1.82) is 0 Å². The number of carbonyl (C=O) groups excluding carboxylic acids is 1. The van der Waals surface area contributed by atoms with Crippen molar-refractivity contribution in [3.05, 3.63) is 53.9 Å². The Morgan fingerprint density at radius 2 is 2.12 bits per heavy atom. The third kappa shape index (κ3) is 3.26. The van der Waals surface area contributed by atoms with Gasteiger partial charge in [-0.1, -0.05) is 30.3 Å². The van der Waals surface area contributed by atoms with Gasteiger partial charge in [0.15, 0.2) is 5.78 Å². The fourth-order valence-electron chi connectivity index (χ4n) is 1.45. The molecule has 0 N–H and O–H groups in total. The summed E-state index contributed by atoms with van der Waals surface area (Å²) >= 11 is 0. The molecule has 17 heavy (non-hydrogen) atoms. The molecule has 4 nitrogen and oxygen atoms in total. The molecule has 2 aromatic rings.